The number of aromatic nitrogens is 4. The van der Waals surface area contributed by atoms with Gasteiger partial charge in [0.1, 0.15) is 17.4 Å². The molecule has 0 aliphatic heterocycles. The van der Waals surface area contributed by atoms with Crippen molar-refractivity contribution in [2.24, 2.45) is 11.7 Å². The number of nitrogens with one attached hydrogen (secondary N) is 1. The van der Waals surface area contributed by atoms with Crippen LogP contribution in [0.15, 0.2) is 47.2 Å². The summed E-state index contributed by atoms with van der Waals surface area (Å²) in [5.74, 6) is -1.88. The third kappa shape index (κ3) is 6.40. The molecule has 2 atom stereocenters. The summed E-state index contributed by atoms with van der Waals surface area (Å²) in [5, 5.41) is 6.75. The molecule has 0 spiro atoms. The summed E-state index contributed by atoms with van der Waals surface area (Å²) in [6.45, 7) is 7.75. The zero-order chi connectivity index (χ0) is 30.1. The summed E-state index contributed by atoms with van der Waals surface area (Å²) in [4.78, 5) is 33.7. The van der Waals surface area contributed by atoms with E-state index in [0.717, 1.165) is 18.1 Å². The topological polar surface area (TPSA) is 138 Å². The van der Waals surface area contributed by atoms with Crippen LogP contribution < -0.4 is 11.1 Å². The SMILES string of the molecule is Cc1ccn2c(C(=O)Nc3cc(-c4noc(CC[C@](C)(OC(=O)[C@H](N)C(C)C)C(F)(F)F)n4)ccc3C)cnc2c1. The molecule has 3 N–H and O–H groups in total. The Hall–Kier alpha value is -4.26. The van der Waals surface area contributed by atoms with Crippen molar-refractivity contribution in [2.75, 3.05) is 5.32 Å². The molecular formula is C28H31F3N6O4. The highest BCUT2D eigenvalue weighted by Gasteiger charge is 2.54. The van der Waals surface area contributed by atoms with Crippen LogP contribution in [0.2, 0.25) is 0 Å². The number of anilines is 1. The molecule has 41 heavy (non-hydrogen) atoms. The maximum atomic E-state index is 13.9. The number of pyridine rings is 1. The molecule has 10 nitrogen and oxygen atoms in total. The van der Waals surface area contributed by atoms with Crippen molar-refractivity contribution in [3.8, 4) is 11.4 Å². The smallest absolute Gasteiger partial charge is 0.428 e. The fraction of sp³-hybridized carbons (Fsp3) is 0.393. The number of carbonyl (C=O) groups is 2. The molecule has 13 heteroatoms. The molecule has 4 aromatic rings. The normalized spacial score (nSPS) is 14.2. The van der Waals surface area contributed by atoms with E-state index in [0.29, 0.717) is 22.6 Å². The molecule has 218 valence electrons. The number of alkyl halides is 3. The second-order valence-corrected chi connectivity index (χ2v) is 10.5. The van der Waals surface area contributed by atoms with Crippen LogP contribution in [-0.2, 0) is 16.0 Å². The van der Waals surface area contributed by atoms with Gasteiger partial charge in [0.2, 0.25) is 17.3 Å². The zero-order valence-corrected chi connectivity index (χ0v) is 23.2. The summed E-state index contributed by atoms with van der Waals surface area (Å²) >= 11 is 0. The quantitative estimate of drug-likeness (QED) is 0.266. The van der Waals surface area contributed by atoms with Crippen LogP contribution in [0.1, 0.15) is 54.7 Å². The van der Waals surface area contributed by atoms with E-state index in [4.69, 9.17) is 15.0 Å². The van der Waals surface area contributed by atoms with E-state index < -0.39 is 36.1 Å². The van der Waals surface area contributed by atoms with Crippen LogP contribution in [0.5, 0.6) is 0 Å². The van der Waals surface area contributed by atoms with Gasteiger partial charge in [-0.05, 0) is 56.0 Å². The Bertz CT molecular complexity index is 1580. The number of imidazole rings is 1. The van der Waals surface area contributed by atoms with Gasteiger partial charge in [0, 0.05) is 30.3 Å². The van der Waals surface area contributed by atoms with E-state index >= 15 is 0 Å². The van der Waals surface area contributed by atoms with Crippen LogP contribution in [0, 0.1) is 19.8 Å². The average molecular weight is 573 g/mol. The van der Waals surface area contributed by atoms with E-state index in [1.54, 1.807) is 42.6 Å². The van der Waals surface area contributed by atoms with Gasteiger partial charge in [-0.1, -0.05) is 31.1 Å². The number of carbonyl (C=O) groups excluding carboxylic acids is 2. The van der Waals surface area contributed by atoms with Crippen molar-refractivity contribution in [1.82, 2.24) is 19.5 Å². The molecular weight excluding hydrogens is 541 g/mol. The van der Waals surface area contributed by atoms with Crippen molar-refractivity contribution < 1.29 is 32.0 Å². The monoisotopic (exact) mass is 572 g/mol. The molecule has 0 saturated carbocycles. The highest BCUT2D eigenvalue weighted by atomic mass is 19.4. The summed E-state index contributed by atoms with van der Waals surface area (Å²) < 4.78 is 53.3. The molecule has 1 aromatic carbocycles. The number of aryl methyl sites for hydroxylation is 3. The van der Waals surface area contributed by atoms with Gasteiger partial charge in [-0.25, -0.2) is 4.98 Å². The van der Waals surface area contributed by atoms with E-state index in [9.17, 15) is 22.8 Å². The summed E-state index contributed by atoms with van der Waals surface area (Å²) in [6, 6.07) is 7.62. The average Bonchev–Trinajstić information content (AvgIpc) is 3.54. The Morgan fingerprint density at radius 2 is 1.90 bits per heavy atom. The number of benzene rings is 1. The first kappa shape index (κ1) is 29.7. The van der Waals surface area contributed by atoms with Gasteiger partial charge in [-0.3, -0.25) is 14.0 Å². The third-order valence-corrected chi connectivity index (χ3v) is 6.85. The molecule has 0 aliphatic carbocycles. The van der Waals surface area contributed by atoms with E-state index in [1.165, 1.54) is 6.20 Å². The molecule has 0 aliphatic rings. The lowest BCUT2D eigenvalue weighted by molar-refractivity contribution is -0.266. The molecule has 3 aromatic heterocycles. The number of rotatable bonds is 9. The number of fused-ring (bicyclic) bond motifs is 1. The number of amides is 1. The number of ether oxygens (including phenoxy) is 1. The Labute approximate surface area is 234 Å². The fourth-order valence-electron chi connectivity index (χ4n) is 3.96. The molecule has 3 heterocycles. The van der Waals surface area contributed by atoms with Crippen LogP contribution >= 0.6 is 0 Å². The maximum Gasteiger partial charge on any atom is 0.428 e. The Morgan fingerprint density at radius 3 is 2.59 bits per heavy atom. The van der Waals surface area contributed by atoms with Gasteiger partial charge >= 0.3 is 12.1 Å². The third-order valence-electron chi connectivity index (χ3n) is 6.85. The standard InChI is InChI=1S/C28H31F3N6O4/c1-15(2)23(32)26(39)40-27(5,28(29,30)31)10-8-22-35-24(36-41-22)18-7-6-17(4)19(13-18)34-25(38)20-14-33-21-12-16(3)9-11-37(20)21/h6-7,9,11-15,23H,8,10,32H2,1-5H3,(H,34,38)/t23-,27+/m1/s1. The Balaban J connectivity index is 1.49. The summed E-state index contributed by atoms with van der Waals surface area (Å²) in [7, 11) is 0. The van der Waals surface area contributed by atoms with Gasteiger partial charge in [-0.2, -0.15) is 18.2 Å². The van der Waals surface area contributed by atoms with Gasteiger partial charge in [-0.15, -0.1) is 0 Å². The Morgan fingerprint density at radius 1 is 1.17 bits per heavy atom. The second kappa shape index (κ2) is 11.3. The minimum Gasteiger partial charge on any atom is -0.448 e. The number of nitrogens with two attached hydrogens (primary N) is 1. The molecule has 1 amide bonds. The van der Waals surface area contributed by atoms with Crippen LogP contribution in [0.4, 0.5) is 18.9 Å². The first-order chi connectivity index (χ1) is 19.2. The number of hydrogen-bond acceptors (Lipinski definition) is 8. The second-order valence-electron chi connectivity index (χ2n) is 10.5. The molecule has 0 bridgehead atoms. The predicted molar refractivity (Wildman–Crippen MR) is 144 cm³/mol. The minimum atomic E-state index is -4.86. The van der Waals surface area contributed by atoms with Crippen molar-refractivity contribution >= 4 is 23.2 Å². The van der Waals surface area contributed by atoms with Crippen LogP contribution in [0.25, 0.3) is 17.0 Å². The van der Waals surface area contributed by atoms with Crippen molar-refractivity contribution in [3.05, 3.63) is 65.4 Å². The van der Waals surface area contributed by atoms with Gasteiger partial charge in [0.15, 0.2) is 0 Å². The molecule has 0 fully saturated rings. The molecule has 0 unspecified atom stereocenters. The number of halogens is 3. The van der Waals surface area contributed by atoms with Gasteiger partial charge in [0.25, 0.3) is 5.91 Å². The molecule has 4 rings (SSSR count). The summed E-state index contributed by atoms with van der Waals surface area (Å²) in [5.41, 5.74) is 6.59. The largest absolute Gasteiger partial charge is 0.448 e. The highest BCUT2D eigenvalue weighted by Crippen LogP contribution is 2.37. The van der Waals surface area contributed by atoms with E-state index in [-0.39, 0.29) is 24.0 Å². The van der Waals surface area contributed by atoms with Gasteiger partial charge in [0.05, 0.1) is 6.20 Å². The maximum absolute atomic E-state index is 13.9. The first-order valence-corrected chi connectivity index (χ1v) is 12.9. The summed E-state index contributed by atoms with van der Waals surface area (Å²) in [6.07, 6.45) is -2.57. The first-order valence-electron chi connectivity index (χ1n) is 12.9. The number of nitrogens with zero attached hydrogens (tertiary/aromatic N) is 4. The molecule has 0 radical (unpaired) electrons. The van der Waals surface area contributed by atoms with Crippen molar-refractivity contribution in [3.63, 3.8) is 0 Å². The lowest BCUT2D eigenvalue weighted by Crippen LogP contribution is -2.50. The van der Waals surface area contributed by atoms with Crippen LogP contribution in [0.3, 0.4) is 0 Å². The lowest BCUT2D eigenvalue weighted by atomic mass is 9.98. The Kier molecular flexibility index (Phi) is 8.20. The van der Waals surface area contributed by atoms with E-state index in [2.05, 4.69) is 20.4 Å². The number of esters is 1. The zero-order valence-electron chi connectivity index (χ0n) is 23.2. The van der Waals surface area contributed by atoms with Gasteiger partial charge < -0.3 is 20.3 Å². The van der Waals surface area contributed by atoms with Crippen molar-refractivity contribution in [2.45, 2.75) is 65.3 Å². The number of hydrogen-bond donors (Lipinski definition) is 2. The van der Waals surface area contributed by atoms with Crippen LogP contribution in [-0.4, -0.2) is 49.2 Å². The van der Waals surface area contributed by atoms with E-state index in [1.807, 2.05) is 26.0 Å². The fourth-order valence-corrected chi connectivity index (χ4v) is 3.96. The predicted octanol–water partition coefficient (Wildman–Crippen LogP) is 5.03. The lowest BCUT2D eigenvalue weighted by Gasteiger charge is -2.32. The molecule has 0 saturated heterocycles. The van der Waals surface area contributed by atoms with Crippen molar-refractivity contribution in [1.29, 1.82) is 0 Å². The highest BCUT2D eigenvalue weighted by molar-refractivity contribution is 6.04. The minimum absolute atomic E-state index is 0.0770.